The van der Waals surface area contributed by atoms with Crippen LogP contribution in [0, 0.1) is 12.3 Å². The van der Waals surface area contributed by atoms with E-state index in [1.807, 2.05) is 37.5 Å². The highest BCUT2D eigenvalue weighted by atomic mass is 15.3. The summed E-state index contributed by atoms with van der Waals surface area (Å²) in [4.78, 5) is 8.26. The van der Waals surface area contributed by atoms with E-state index in [2.05, 4.69) is 21.0 Å². The molecule has 0 unspecified atom stereocenters. The minimum atomic E-state index is 0.621. The summed E-state index contributed by atoms with van der Waals surface area (Å²) in [6.07, 6.45) is 12.6. The van der Waals surface area contributed by atoms with Crippen molar-refractivity contribution in [2.24, 2.45) is 7.05 Å². The highest BCUT2D eigenvalue weighted by Gasteiger charge is 2.12. The summed E-state index contributed by atoms with van der Waals surface area (Å²) in [5.41, 5.74) is 4.57. The molecule has 3 aromatic heterocycles. The van der Waals surface area contributed by atoms with Crippen molar-refractivity contribution in [2.75, 3.05) is 0 Å². The third kappa shape index (κ3) is 2.17. The van der Waals surface area contributed by atoms with Crippen molar-refractivity contribution < 1.29 is 0 Å². The van der Waals surface area contributed by atoms with Gasteiger partial charge in [-0.1, -0.05) is 5.92 Å². The third-order valence-electron chi connectivity index (χ3n) is 3.00. The van der Waals surface area contributed by atoms with E-state index in [4.69, 9.17) is 6.42 Å². The van der Waals surface area contributed by atoms with Crippen molar-refractivity contribution in [2.45, 2.75) is 0 Å². The van der Waals surface area contributed by atoms with Crippen LogP contribution in [0.25, 0.3) is 22.4 Å². The molecule has 0 radical (unpaired) electrons. The maximum atomic E-state index is 5.32. The lowest BCUT2D eigenvalue weighted by molar-refractivity contribution is 0.771. The molecule has 0 fully saturated rings. The Labute approximate surface area is 117 Å². The number of aryl methyl sites for hydroxylation is 1. The first-order chi connectivity index (χ1) is 9.78. The second-order valence-corrected chi connectivity index (χ2v) is 4.38. The Morgan fingerprint density at radius 1 is 1.10 bits per heavy atom. The SMILES string of the molecule is C#Cc1ccc(-c2nn(C)cc2-c2ccncc2)cn1. The minimum absolute atomic E-state index is 0.621. The van der Waals surface area contributed by atoms with Gasteiger partial charge in [-0.3, -0.25) is 9.67 Å². The fourth-order valence-corrected chi connectivity index (χ4v) is 2.06. The van der Waals surface area contributed by atoms with Gasteiger partial charge in [-0.05, 0) is 29.8 Å². The molecule has 0 aliphatic carbocycles. The Balaban J connectivity index is 2.12. The summed E-state index contributed by atoms with van der Waals surface area (Å²) in [6, 6.07) is 7.68. The number of hydrogen-bond donors (Lipinski definition) is 0. The summed E-state index contributed by atoms with van der Waals surface area (Å²) in [5, 5.41) is 4.52. The highest BCUT2D eigenvalue weighted by Crippen LogP contribution is 2.29. The average molecular weight is 260 g/mol. The molecule has 3 aromatic rings. The third-order valence-corrected chi connectivity index (χ3v) is 3.00. The number of pyridine rings is 2. The molecule has 20 heavy (non-hydrogen) atoms. The van der Waals surface area contributed by atoms with Crippen LogP contribution in [-0.2, 0) is 7.05 Å². The van der Waals surface area contributed by atoms with Gasteiger partial charge in [-0.25, -0.2) is 4.98 Å². The van der Waals surface area contributed by atoms with Crippen molar-refractivity contribution in [3.8, 4) is 34.7 Å². The van der Waals surface area contributed by atoms with Gasteiger partial charge in [0.1, 0.15) is 11.4 Å². The smallest absolute Gasteiger partial charge is 0.112 e. The van der Waals surface area contributed by atoms with Crippen LogP contribution in [-0.4, -0.2) is 19.7 Å². The van der Waals surface area contributed by atoms with E-state index in [0.29, 0.717) is 5.69 Å². The van der Waals surface area contributed by atoms with Crippen molar-refractivity contribution in [3.05, 3.63) is 54.7 Å². The van der Waals surface area contributed by atoms with Gasteiger partial charge in [-0.15, -0.1) is 6.42 Å². The average Bonchev–Trinajstić information content (AvgIpc) is 2.90. The first kappa shape index (κ1) is 12.1. The van der Waals surface area contributed by atoms with Crippen LogP contribution in [0.4, 0.5) is 0 Å². The molecular formula is C16H12N4. The molecule has 0 amide bonds. The van der Waals surface area contributed by atoms with Gasteiger partial charge >= 0.3 is 0 Å². The lowest BCUT2D eigenvalue weighted by Gasteiger charge is -2.02. The summed E-state index contributed by atoms with van der Waals surface area (Å²) in [6.45, 7) is 0. The monoisotopic (exact) mass is 260 g/mol. The molecule has 0 saturated carbocycles. The van der Waals surface area contributed by atoms with Gasteiger partial charge in [0.05, 0.1) is 0 Å². The van der Waals surface area contributed by atoms with Crippen LogP contribution in [0.5, 0.6) is 0 Å². The fourth-order valence-electron chi connectivity index (χ4n) is 2.06. The maximum absolute atomic E-state index is 5.32. The molecule has 0 N–H and O–H groups in total. The molecule has 0 spiro atoms. The normalized spacial score (nSPS) is 10.2. The fraction of sp³-hybridized carbons (Fsp3) is 0.0625. The summed E-state index contributed by atoms with van der Waals surface area (Å²) < 4.78 is 1.79. The van der Waals surface area contributed by atoms with Crippen molar-refractivity contribution in [1.82, 2.24) is 19.7 Å². The van der Waals surface area contributed by atoms with E-state index in [-0.39, 0.29) is 0 Å². The summed E-state index contributed by atoms with van der Waals surface area (Å²) in [7, 11) is 1.90. The minimum Gasteiger partial charge on any atom is -0.275 e. The van der Waals surface area contributed by atoms with E-state index >= 15 is 0 Å². The molecule has 0 atom stereocenters. The molecule has 3 rings (SSSR count). The Bertz CT molecular complexity index is 764. The topological polar surface area (TPSA) is 43.6 Å². The molecule has 3 heterocycles. The Morgan fingerprint density at radius 2 is 1.90 bits per heavy atom. The van der Waals surface area contributed by atoms with Crippen LogP contribution in [0.15, 0.2) is 49.1 Å². The molecule has 0 bridgehead atoms. The Kier molecular flexibility index (Phi) is 3.02. The van der Waals surface area contributed by atoms with Crippen molar-refractivity contribution in [1.29, 1.82) is 0 Å². The molecule has 0 aliphatic heterocycles. The molecule has 4 nitrogen and oxygen atoms in total. The zero-order chi connectivity index (χ0) is 13.9. The van der Waals surface area contributed by atoms with E-state index in [1.54, 1.807) is 23.3 Å². The molecular weight excluding hydrogens is 248 g/mol. The zero-order valence-corrected chi connectivity index (χ0v) is 11.0. The van der Waals surface area contributed by atoms with Crippen molar-refractivity contribution >= 4 is 0 Å². The predicted molar refractivity (Wildman–Crippen MR) is 77.6 cm³/mol. The highest BCUT2D eigenvalue weighted by molar-refractivity contribution is 5.79. The largest absolute Gasteiger partial charge is 0.275 e. The van der Waals surface area contributed by atoms with Gasteiger partial charge in [0.25, 0.3) is 0 Å². The molecule has 0 aromatic carbocycles. The lowest BCUT2D eigenvalue weighted by atomic mass is 10.0. The van der Waals surface area contributed by atoms with Gasteiger partial charge in [0.2, 0.25) is 0 Å². The van der Waals surface area contributed by atoms with E-state index in [0.717, 1.165) is 22.4 Å². The van der Waals surface area contributed by atoms with E-state index < -0.39 is 0 Å². The molecule has 96 valence electrons. The second kappa shape index (κ2) is 4.98. The molecule has 0 aliphatic rings. The van der Waals surface area contributed by atoms with Gasteiger partial charge in [0, 0.05) is 43.0 Å². The molecule has 4 heteroatoms. The second-order valence-electron chi connectivity index (χ2n) is 4.38. The Morgan fingerprint density at radius 3 is 2.55 bits per heavy atom. The van der Waals surface area contributed by atoms with Gasteiger partial charge in [-0.2, -0.15) is 5.10 Å². The molecule has 0 saturated heterocycles. The van der Waals surface area contributed by atoms with E-state index in [9.17, 15) is 0 Å². The number of hydrogen-bond acceptors (Lipinski definition) is 3. The van der Waals surface area contributed by atoms with Crippen LogP contribution < -0.4 is 0 Å². The summed E-state index contributed by atoms with van der Waals surface area (Å²) >= 11 is 0. The summed E-state index contributed by atoms with van der Waals surface area (Å²) in [5.74, 6) is 2.51. The standard InChI is InChI=1S/C16H12N4/c1-3-14-5-4-13(10-18-14)16-15(11-20(2)19-16)12-6-8-17-9-7-12/h1,4-11H,2H3. The number of rotatable bonds is 2. The van der Waals surface area contributed by atoms with Crippen molar-refractivity contribution in [3.63, 3.8) is 0 Å². The van der Waals surface area contributed by atoms with Gasteiger partial charge in [0.15, 0.2) is 0 Å². The maximum Gasteiger partial charge on any atom is 0.112 e. The number of nitrogens with zero attached hydrogens (tertiary/aromatic N) is 4. The van der Waals surface area contributed by atoms with Crippen LogP contribution >= 0.6 is 0 Å². The quantitative estimate of drug-likeness (QED) is 0.665. The number of aromatic nitrogens is 4. The number of terminal acetylenes is 1. The predicted octanol–water partition coefficient (Wildman–Crippen LogP) is 2.53. The lowest BCUT2D eigenvalue weighted by Crippen LogP contribution is -1.89. The zero-order valence-electron chi connectivity index (χ0n) is 11.0. The Hall–Kier alpha value is -2.93. The van der Waals surface area contributed by atoms with Crippen LogP contribution in [0.1, 0.15) is 5.69 Å². The first-order valence-electron chi connectivity index (χ1n) is 6.15. The van der Waals surface area contributed by atoms with E-state index in [1.165, 1.54) is 0 Å². The van der Waals surface area contributed by atoms with Crippen LogP contribution in [0.3, 0.4) is 0 Å². The van der Waals surface area contributed by atoms with Crippen LogP contribution in [0.2, 0.25) is 0 Å². The first-order valence-corrected chi connectivity index (χ1v) is 6.15. The van der Waals surface area contributed by atoms with Gasteiger partial charge < -0.3 is 0 Å².